The number of ether oxygens (including phenoxy) is 2. The van der Waals surface area contributed by atoms with Crippen molar-refractivity contribution in [2.45, 2.75) is 25.9 Å². The maximum Gasteiger partial charge on any atom is 0.305 e. The van der Waals surface area contributed by atoms with E-state index in [1.807, 2.05) is 0 Å². The SMILES string of the molecule is CCN1CCOC(CNCCCC(=O)OC)C1. The Morgan fingerprint density at radius 3 is 3.12 bits per heavy atom. The first kappa shape index (κ1) is 14.4. The average Bonchev–Trinajstić information content (AvgIpc) is 2.38. The van der Waals surface area contributed by atoms with E-state index < -0.39 is 0 Å². The Bertz CT molecular complexity index is 224. The topological polar surface area (TPSA) is 50.8 Å². The van der Waals surface area contributed by atoms with Crippen molar-refractivity contribution < 1.29 is 14.3 Å². The second kappa shape index (κ2) is 8.44. The van der Waals surface area contributed by atoms with Crippen LogP contribution in [-0.4, -0.2) is 63.4 Å². The summed E-state index contributed by atoms with van der Waals surface area (Å²) < 4.78 is 10.2. The summed E-state index contributed by atoms with van der Waals surface area (Å²) in [6.07, 6.45) is 1.58. The van der Waals surface area contributed by atoms with Crippen molar-refractivity contribution in [1.82, 2.24) is 10.2 Å². The zero-order valence-corrected chi connectivity index (χ0v) is 10.9. The van der Waals surface area contributed by atoms with Crippen molar-refractivity contribution in [3.63, 3.8) is 0 Å². The summed E-state index contributed by atoms with van der Waals surface area (Å²) in [4.78, 5) is 13.3. The third kappa shape index (κ3) is 6.00. The molecule has 0 radical (unpaired) electrons. The van der Waals surface area contributed by atoms with Gasteiger partial charge in [-0.25, -0.2) is 0 Å². The highest BCUT2D eigenvalue weighted by Gasteiger charge is 2.18. The van der Waals surface area contributed by atoms with Crippen molar-refractivity contribution >= 4 is 5.97 Å². The quantitative estimate of drug-likeness (QED) is 0.514. The number of esters is 1. The molecule has 1 heterocycles. The number of methoxy groups -OCH3 is 1. The van der Waals surface area contributed by atoms with Gasteiger partial charge in [-0.3, -0.25) is 9.69 Å². The molecule has 0 amide bonds. The molecule has 0 aromatic carbocycles. The highest BCUT2D eigenvalue weighted by atomic mass is 16.5. The van der Waals surface area contributed by atoms with Crippen LogP contribution in [0.4, 0.5) is 0 Å². The third-order valence-electron chi connectivity index (χ3n) is 3.00. The summed E-state index contributed by atoms with van der Waals surface area (Å²) in [5.41, 5.74) is 0. The molecule has 0 bridgehead atoms. The molecule has 17 heavy (non-hydrogen) atoms. The van der Waals surface area contributed by atoms with Crippen molar-refractivity contribution in [2.75, 3.05) is 46.4 Å². The fraction of sp³-hybridized carbons (Fsp3) is 0.917. The van der Waals surface area contributed by atoms with Crippen LogP contribution in [0.25, 0.3) is 0 Å². The van der Waals surface area contributed by atoms with Crippen LogP contribution in [0.5, 0.6) is 0 Å². The molecule has 0 saturated carbocycles. The number of hydrogen-bond donors (Lipinski definition) is 1. The molecule has 1 aliphatic rings. The van der Waals surface area contributed by atoms with Gasteiger partial charge in [-0.1, -0.05) is 6.92 Å². The molecule has 1 saturated heterocycles. The van der Waals surface area contributed by atoms with Crippen LogP contribution in [0.1, 0.15) is 19.8 Å². The maximum absolute atomic E-state index is 10.9. The van der Waals surface area contributed by atoms with Crippen molar-refractivity contribution in [3.05, 3.63) is 0 Å². The zero-order valence-electron chi connectivity index (χ0n) is 10.9. The van der Waals surface area contributed by atoms with Crippen LogP contribution in [0, 0.1) is 0 Å². The van der Waals surface area contributed by atoms with Gasteiger partial charge in [0.05, 0.1) is 19.8 Å². The van der Waals surface area contributed by atoms with Crippen LogP contribution in [-0.2, 0) is 14.3 Å². The lowest BCUT2D eigenvalue weighted by Crippen LogP contribution is -2.46. The van der Waals surface area contributed by atoms with Gasteiger partial charge in [0.25, 0.3) is 0 Å². The zero-order chi connectivity index (χ0) is 12.5. The number of carbonyl (C=O) groups is 1. The van der Waals surface area contributed by atoms with Gasteiger partial charge in [-0.2, -0.15) is 0 Å². The van der Waals surface area contributed by atoms with Crippen molar-refractivity contribution in [2.24, 2.45) is 0 Å². The van der Waals surface area contributed by atoms with E-state index in [1.54, 1.807) is 0 Å². The highest BCUT2D eigenvalue weighted by molar-refractivity contribution is 5.69. The fourth-order valence-electron chi connectivity index (χ4n) is 1.91. The van der Waals surface area contributed by atoms with Gasteiger partial charge in [0.2, 0.25) is 0 Å². The van der Waals surface area contributed by atoms with E-state index in [4.69, 9.17) is 4.74 Å². The normalized spacial score (nSPS) is 21.4. The molecule has 1 fully saturated rings. The molecule has 0 aliphatic carbocycles. The minimum atomic E-state index is -0.141. The van der Waals surface area contributed by atoms with E-state index in [-0.39, 0.29) is 12.1 Å². The lowest BCUT2D eigenvalue weighted by Gasteiger charge is -2.32. The van der Waals surface area contributed by atoms with Gasteiger partial charge >= 0.3 is 5.97 Å². The molecule has 1 atom stereocenters. The minimum Gasteiger partial charge on any atom is -0.469 e. The Morgan fingerprint density at radius 1 is 1.59 bits per heavy atom. The summed E-state index contributed by atoms with van der Waals surface area (Å²) in [5.74, 6) is -0.141. The Morgan fingerprint density at radius 2 is 2.41 bits per heavy atom. The van der Waals surface area contributed by atoms with Crippen LogP contribution in [0.3, 0.4) is 0 Å². The minimum absolute atomic E-state index is 0.141. The van der Waals surface area contributed by atoms with Gasteiger partial charge in [-0.05, 0) is 19.5 Å². The lowest BCUT2D eigenvalue weighted by atomic mass is 10.2. The fourth-order valence-corrected chi connectivity index (χ4v) is 1.91. The van der Waals surface area contributed by atoms with Gasteiger partial charge in [-0.15, -0.1) is 0 Å². The molecule has 5 heteroatoms. The summed E-state index contributed by atoms with van der Waals surface area (Å²) in [5, 5.41) is 3.32. The molecular formula is C12H24N2O3. The molecule has 1 N–H and O–H groups in total. The van der Waals surface area contributed by atoms with Gasteiger partial charge in [0.1, 0.15) is 0 Å². The second-order valence-electron chi connectivity index (χ2n) is 4.27. The predicted octanol–water partition coefficient (Wildman–Crippen LogP) is 0.250. The van der Waals surface area contributed by atoms with Gasteiger partial charge in [0, 0.05) is 26.1 Å². The van der Waals surface area contributed by atoms with Crippen molar-refractivity contribution in [3.8, 4) is 0 Å². The number of nitrogens with one attached hydrogen (secondary N) is 1. The molecule has 0 aromatic rings. The molecule has 1 aliphatic heterocycles. The van der Waals surface area contributed by atoms with Crippen LogP contribution >= 0.6 is 0 Å². The van der Waals surface area contributed by atoms with Crippen molar-refractivity contribution in [1.29, 1.82) is 0 Å². The lowest BCUT2D eigenvalue weighted by molar-refractivity contribution is -0.140. The monoisotopic (exact) mass is 244 g/mol. The second-order valence-corrected chi connectivity index (χ2v) is 4.27. The van der Waals surface area contributed by atoms with E-state index in [0.717, 1.165) is 45.8 Å². The average molecular weight is 244 g/mol. The first-order chi connectivity index (χ1) is 8.26. The number of likely N-dealkylation sites (N-methyl/N-ethyl adjacent to an activating group) is 1. The number of rotatable bonds is 7. The first-order valence-electron chi connectivity index (χ1n) is 6.37. The Labute approximate surface area is 103 Å². The molecule has 5 nitrogen and oxygen atoms in total. The highest BCUT2D eigenvalue weighted by Crippen LogP contribution is 2.03. The molecule has 1 unspecified atom stereocenters. The van der Waals surface area contributed by atoms with Gasteiger partial charge in [0.15, 0.2) is 0 Å². The largest absolute Gasteiger partial charge is 0.469 e. The smallest absolute Gasteiger partial charge is 0.305 e. The molecule has 0 spiro atoms. The maximum atomic E-state index is 10.9. The van der Waals surface area contributed by atoms with E-state index >= 15 is 0 Å². The molecule has 0 aromatic heterocycles. The predicted molar refractivity (Wildman–Crippen MR) is 66.0 cm³/mol. The number of morpholine rings is 1. The van der Waals surface area contributed by atoms with Crippen LogP contribution in [0.2, 0.25) is 0 Å². The van der Waals surface area contributed by atoms with Crippen LogP contribution < -0.4 is 5.32 Å². The third-order valence-corrected chi connectivity index (χ3v) is 3.00. The Kier molecular flexibility index (Phi) is 7.16. The van der Waals surface area contributed by atoms with Gasteiger partial charge < -0.3 is 14.8 Å². The first-order valence-corrected chi connectivity index (χ1v) is 6.37. The number of hydrogen-bond acceptors (Lipinski definition) is 5. The van der Waals surface area contributed by atoms with E-state index in [9.17, 15) is 4.79 Å². The summed E-state index contributed by atoms with van der Waals surface area (Å²) >= 11 is 0. The molecule has 100 valence electrons. The number of carbonyl (C=O) groups excluding carboxylic acids is 1. The Balaban J connectivity index is 2.00. The van der Waals surface area contributed by atoms with E-state index in [1.165, 1.54) is 7.11 Å². The van der Waals surface area contributed by atoms with Crippen LogP contribution in [0.15, 0.2) is 0 Å². The van der Waals surface area contributed by atoms with E-state index in [2.05, 4.69) is 21.9 Å². The summed E-state index contributed by atoms with van der Waals surface area (Å²) in [7, 11) is 1.42. The number of nitrogens with zero attached hydrogens (tertiary/aromatic N) is 1. The Hall–Kier alpha value is -0.650. The van der Waals surface area contributed by atoms with E-state index in [0.29, 0.717) is 6.42 Å². The molecular weight excluding hydrogens is 220 g/mol. The summed E-state index contributed by atoms with van der Waals surface area (Å²) in [6, 6.07) is 0. The summed E-state index contributed by atoms with van der Waals surface area (Å²) in [6.45, 7) is 7.81. The molecule has 1 rings (SSSR count). The standard InChI is InChI=1S/C12H24N2O3/c1-3-14-7-8-17-11(10-14)9-13-6-4-5-12(15)16-2/h11,13H,3-10H2,1-2H3.